The summed E-state index contributed by atoms with van der Waals surface area (Å²) in [4.78, 5) is 17.7. The molecule has 0 N–H and O–H groups in total. The summed E-state index contributed by atoms with van der Waals surface area (Å²) in [6, 6.07) is 9.94. The molecule has 22 heavy (non-hydrogen) atoms. The van der Waals surface area contributed by atoms with Crippen LogP contribution in [0.25, 0.3) is 0 Å². The van der Waals surface area contributed by atoms with E-state index in [0.717, 1.165) is 37.7 Å². The van der Waals surface area contributed by atoms with Gasteiger partial charge in [0.2, 0.25) is 5.91 Å². The summed E-state index contributed by atoms with van der Waals surface area (Å²) < 4.78 is 0. The second kappa shape index (κ2) is 12.0. The van der Waals surface area contributed by atoms with Crippen molar-refractivity contribution in [2.45, 2.75) is 58.4 Å². The van der Waals surface area contributed by atoms with Gasteiger partial charge in [0.05, 0.1) is 13.2 Å². The van der Waals surface area contributed by atoms with Crippen LogP contribution in [0.5, 0.6) is 0 Å². The summed E-state index contributed by atoms with van der Waals surface area (Å²) in [6.07, 6.45) is 8.74. The fourth-order valence-corrected chi connectivity index (χ4v) is 2.30. The number of carbonyl (C=O) groups is 1. The van der Waals surface area contributed by atoms with Crippen molar-refractivity contribution in [1.29, 1.82) is 0 Å². The maximum absolute atomic E-state index is 12.3. The van der Waals surface area contributed by atoms with E-state index in [-0.39, 0.29) is 5.91 Å². The van der Waals surface area contributed by atoms with Crippen molar-refractivity contribution in [2.75, 3.05) is 6.61 Å². The second-order valence-corrected chi connectivity index (χ2v) is 5.38. The van der Waals surface area contributed by atoms with Gasteiger partial charge in [0.25, 0.3) is 0 Å². The molecule has 0 aliphatic heterocycles. The van der Waals surface area contributed by atoms with Gasteiger partial charge in [-0.1, -0.05) is 62.2 Å². The first kappa shape index (κ1) is 18.4. The Morgan fingerprint density at radius 1 is 1.14 bits per heavy atom. The van der Waals surface area contributed by atoms with Gasteiger partial charge >= 0.3 is 0 Å². The molecule has 3 nitrogen and oxygen atoms in total. The molecule has 0 fully saturated rings. The lowest BCUT2D eigenvalue weighted by Crippen LogP contribution is -2.30. The summed E-state index contributed by atoms with van der Waals surface area (Å²) >= 11 is 0. The third-order valence-corrected chi connectivity index (χ3v) is 3.49. The number of nitrogens with zero attached hydrogens (tertiary/aromatic N) is 1. The van der Waals surface area contributed by atoms with E-state index in [4.69, 9.17) is 11.4 Å². The lowest BCUT2D eigenvalue weighted by Gasteiger charge is -2.21. The Morgan fingerprint density at radius 2 is 1.82 bits per heavy atom. The monoisotopic (exact) mass is 302 g/mol. The van der Waals surface area contributed by atoms with Crippen molar-refractivity contribution in [2.24, 2.45) is 0 Å². The van der Waals surface area contributed by atoms with E-state index < -0.39 is 0 Å². The van der Waals surface area contributed by atoms with Crippen molar-refractivity contribution < 1.29 is 9.63 Å². The highest BCUT2D eigenvalue weighted by atomic mass is 16.7. The molecule has 0 heterocycles. The predicted octanol–water partition coefficient (Wildman–Crippen LogP) is 4.69. The molecular weight excluding hydrogens is 274 g/mol. The van der Waals surface area contributed by atoms with Crippen molar-refractivity contribution in [1.82, 2.24) is 5.06 Å². The highest BCUT2D eigenvalue weighted by molar-refractivity contribution is 5.75. The van der Waals surface area contributed by atoms with E-state index in [1.54, 1.807) is 6.08 Å². The van der Waals surface area contributed by atoms with Crippen LogP contribution < -0.4 is 0 Å². The Hall–Kier alpha value is -1.61. The number of hydroxylamine groups is 2. The summed E-state index contributed by atoms with van der Waals surface area (Å²) in [5.74, 6) is 0.0704. The van der Waals surface area contributed by atoms with Gasteiger partial charge in [-0.2, -0.15) is 0 Å². The summed E-state index contributed by atoms with van der Waals surface area (Å²) in [5, 5.41) is 1.50. The average molecular weight is 302 g/mol. The fraction of sp³-hybridized carbons (Fsp3) is 0.526. The minimum atomic E-state index is 0.0704. The summed E-state index contributed by atoms with van der Waals surface area (Å²) in [6.45, 7) is 8.27. The maximum atomic E-state index is 12.3. The fourth-order valence-electron chi connectivity index (χ4n) is 2.30. The lowest BCUT2D eigenvalue weighted by atomic mass is 10.1. The summed E-state index contributed by atoms with van der Waals surface area (Å²) in [7, 11) is 0. The molecule has 1 rings (SSSR count). The molecule has 3 heteroatoms. The van der Waals surface area contributed by atoms with Gasteiger partial charge in [-0.05, 0) is 31.7 Å². The van der Waals surface area contributed by atoms with Gasteiger partial charge in [0.15, 0.2) is 0 Å². The van der Waals surface area contributed by atoms with Crippen LogP contribution >= 0.6 is 0 Å². The number of benzene rings is 1. The Balaban J connectivity index is 2.28. The number of amides is 1. The maximum Gasteiger partial charge on any atom is 0.246 e. The standard InChI is InChI=1S/C19H28NO2/c1-3-5-6-7-8-9-13-16-19(21)20(22-4-2)17-18-14-11-10-12-15-18/h1,3,10-12,14-15H,4-9,13,16-17H2,2H3. The van der Waals surface area contributed by atoms with Crippen molar-refractivity contribution in [3.8, 4) is 0 Å². The zero-order valence-electron chi connectivity index (χ0n) is 13.7. The van der Waals surface area contributed by atoms with Crippen molar-refractivity contribution in [3.63, 3.8) is 0 Å². The predicted molar refractivity (Wildman–Crippen MR) is 89.8 cm³/mol. The number of unbranched alkanes of at least 4 members (excludes halogenated alkanes) is 5. The van der Waals surface area contributed by atoms with Crippen molar-refractivity contribution >= 4 is 5.91 Å². The van der Waals surface area contributed by atoms with E-state index in [2.05, 4.69) is 0 Å². The highest BCUT2D eigenvalue weighted by Gasteiger charge is 2.13. The van der Waals surface area contributed by atoms with Crippen LogP contribution in [0, 0.1) is 6.58 Å². The molecule has 0 aliphatic carbocycles. The molecule has 0 spiro atoms. The van der Waals surface area contributed by atoms with E-state index in [1.165, 1.54) is 11.5 Å². The van der Waals surface area contributed by atoms with Gasteiger partial charge in [0, 0.05) is 6.42 Å². The molecule has 0 saturated carbocycles. The first-order valence-electron chi connectivity index (χ1n) is 8.28. The van der Waals surface area contributed by atoms with Gasteiger partial charge in [-0.15, -0.1) is 0 Å². The first-order chi connectivity index (χ1) is 10.8. The minimum Gasteiger partial charge on any atom is -0.273 e. The Labute approximate surface area is 134 Å². The molecule has 0 saturated heterocycles. The number of hydrogen-bond donors (Lipinski definition) is 0. The summed E-state index contributed by atoms with van der Waals surface area (Å²) in [5.41, 5.74) is 1.09. The van der Waals surface area contributed by atoms with Crippen LogP contribution in [0.4, 0.5) is 0 Å². The molecule has 1 aromatic carbocycles. The molecule has 0 aliphatic rings. The number of carbonyl (C=O) groups excluding carboxylic acids is 1. The molecule has 0 atom stereocenters. The van der Waals surface area contributed by atoms with Gasteiger partial charge < -0.3 is 0 Å². The van der Waals surface area contributed by atoms with Crippen LogP contribution in [0.2, 0.25) is 0 Å². The van der Waals surface area contributed by atoms with Gasteiger partial charge in [0.1, 0.15) is 0 Å². The normalized spacial score (nSPS) is 10.4. The Kier molecular flexibility index (Phi) is 10.0. The van der Waals surface area contributed by atoms with Gasteiger partial charge in [-0.25, -0.2) is 5.06 Å². The number of rotatable bonds is 12. The van der Waals surface area contributed by atoms with E-state index >= 15 is 0 Å². The van der Waals surface area contributed by atoms with Crippen LogP contribution in [-0.2, 0) is 16.2 Å². The average Bonchev–Trinajstić information content (AvgIpc) is 2.54. The van der Waals surface area contributed by atoms with E-state index in [9.17, 15) is 4.79 Å². The molecule has 0 aromatic heterocycles. The first-order valence-corrected chi connectivity index (χ1v) is 8.28. The van der Waals surface area contributed by atoms with E-state index in [0.29, 0.717) is 19.6 Å². The Bertz CT molecular complexity index is 417. The molecule has 121 valence electrons. The smallest absolute Gasteiger partial charge is 0.246 e. The van der Waals surface area contributed by atoms with Crippen LogP contribution in [0.1, 0.15) is 57.4 Å². The zero-order chi connectivity index (χ0) is 16.0. The van der Waals surface area contributed by atoms with Crippen molar-refractivity contribution in [3.05, 3.63) is 48.6 Å². The molecule has 1 amide bonds. The molecule has 0 unspecified atom stereocenters. The third kappa shape index (κ3) is 7.99. The molecule has 1 aromatic rings. The SMILES string of the molecule is [CH]=CCCCCCCCC(=O)N(Cc1ccccc1)OCC. The van der Waals surface area contributed by atoms with E-state index in [1.807, 2.05) is 37.3 Å². The Morgan fingerprint density at radius 3 is 2.50 bits per heavy atom. The largest absolute Gasteiger partial charge is 0.273 e. The quantitative estimate of drug-likeness (QED) is 0.414. The van der Waals surface area contributed by atoms with Gasteiger partial charge in [-0.3, -0.25) is 9.63 Å². The second-order valence-electron chi connectivity index (χ2n) is 5.38. The minimum absolute atomic E-state index is 0.0704. The van der Waals surface area contributed by atoms with Crippen LogP contribution in [-0.4, -0.2) is 17.6 Å². The third-order valence-electron chi connectivity index (χ3n) is 3.49. The number of allylic oxidation sites excluding steroid dienone is 1. The van der Waals surface area contributed by atoms with Crippen LogP contribution in [0.3, 0.4) is 0 Å². The molecule has 1 radical (unpaired) electrons. The lowest BCUT2D eigenvalue weighted by molar-refractivity contribution is -0.188. The topological polar surface area (TPSA) is 29.5 Å². The van der Waals surface area contributed by atoms with Crippen LogP contribution in [0.15, 0.2) is 36.4 Å². The highest BCUT2D eigenvalue weighted by Crippen LogP contribution is 2.11. The zero-order valence-corrected chi connectivity index (χ0v) is 13.7. The number of hydrogen-bond acceptors (Lipinski definition) is 2. The molecule has 0 bridgehead atoms. The molecular formula is C19H28NO2.